The van der Waals surface area contributed by atoms with E-state index in [1.807, 2.05) is 25.4 Å². The largest absolute Gasteiger partial charge is 0.378 e. The predicted octanol–water partition coefficient (Wildman–Crippen LogP) is 3.44. The van der Waals surface area contributed by atoms with Crippen molar-refractivity contribution in [1.82, 2.24) is 10.2 Å². The molecule has 1 aliphatic heterocycles. The molecule has 2 heterocycles. The summed E-state index contributed by atoms with van der Waals surface area (Å²) in [7, 11) is 4.06. The number of hydrogen-bond acceptors (Lipinski definition) is 4. The molecular weight excluding hydrogens is 342 g/mol. The van der Waals surface area contributed by atoms with Crippen molar-refractivity contribution in [2.75, 3.05) is 32.1 Å². The minimum Gasteiger partial charge on any atom is -0.378 e. The Kier molecular flexibility index (Phi) is 5.00. The lowest BCUT2D eigenvalue weighted by Gasteiger charge is -2.35. The van der Waals surface area contributed by atoms with Crippen LogP contribution in [-0.4, -0.2) is 38.0 Å². The molecular formula is C21H27N3OS. The Morgan fingerprint density at radius 2 is 2.00 bits per heavy atom. The fourth-order valence-corrected chi connectivity index (χ4v) is 4.81. The first-order chi connectivity index (χ1) is 12.6. The maximum Gasteiger partial charge on any atom is 0.234 e. The van der Waals surface area contributed by atoms with Crippen LogP contribution in [0.3, 0.4) is 0 Å². The summed E-state index contributed by atoms with van der Waals surface area (Å²) in [6, 6.07) is 11.1. The molecule has 0 saturated heterocycles. The number of anilines is 1. The molecule has 1 atom stereocenters. The third-order valence-corrected chi connectivity index (χ3v) is 6.47. The number of carbonyl (C=O) groups is 1. The van der Waals surface area contributed by atoms with Crippen LogP contribution in [0.1, 0.15) is 34.9 Å². The molecule has 1 saturated carbocycles. The number of fused-ring (bicyclic) bond motifs is 1. The number of nitrogens with one attached hydrogen (secondary N) is 1. The highest BCUT2D eigenvalue weighted by molar-refractivity contribution is 7.10. The van der Waals surface area contributed by atoms with Gasteiger partial charge in [-0.1, -0.05) is 12.1 Å². The van der Waals surface area contributed by atoms with Gasteiger partial charge in [-0.15, -0.1) is 11.3 Å². The van der Waals surface area contributed by atoms with E-state index in [2.05, 4.69) is 50.8 Å². The van der Waals surface area contributed by atoms with E-state index in [1.54, 1.807) is 0 Å². The monoisotopic (exact) mass is 369 g/mol. The van der Waals surface area contributed by atoms with Gasteiger partial charge in [0.2, 0.25) is 5.91 Å². The number of carbonyl (C=O) groups excluding carboxylic acids is 1. The van der Waals surface area contributed by atoms with Crippen LogP contribution in [0.25, 0.3) is 0 Å². The second-order valence-corrected chi connectivity index (χ2v) is 8.64. The second-order valence-electron chi connectivity index (χ2n) is 7.64. The maximum atomic E-state index is 12.5. The zero-order valence-electron chi connectivity index (χ0n) is 15.6. The number of thiophene rings is 1. The van der Waals surface area contributed by atoms with Crippen LogP contribution in [0.5, 0.6) is 0 Å². The average molecular weight is 370 g/mol. The molecule has 5 heteroatoms. The molecule has 0 unspecified atom stereocenters. The van der Waals surface area contributed by atoms with E-state index in [9.17, 15) is 4.79 Å². The Bertz CT molecular complexity index is 764. The Morgan fingerprint density at radius 1 is 1.23 bits per heavy atom. The molecule has 2 aromatic rings. The van der Waals surface area contributed by atoms with E-state index in [4.69, 9.17) is 0 Å². The second kappa shape index (κ2) is 7.41. The summed E-state index contributed by atoms with van der Waals surface area (Å²) in [4.78, 5) is 18.5. The Hall–Kier alpha value is -1.85. The third-order valence-electron chi connectivity index (χ3n) is 5.48. The van der Waals surface area contributed by atoms with E-state index in [0.717, 1.165) is 24.4 Å². The van der Waals surface area contributed by atoms with E-state index in [1.165, 1.54) is 29.0 Å². The fraction of sp³-hybridized carbons (Fsp3) is 0.476. The first-order valence-electron chi connectivity index (χ1n) is 9.45. The highest BCUT2D eigenvalue weighted by atomic mass is 32.1. The van der Waals surface area contributed by atoms with Gasteiger partial charge in [-0.05, 0) is 59.9 Å². The van der Waals surface area contributed by atoms with Gasteiger partial charge in [-0.3, -0.25) is 9.69 Å². The lowest BCUT2D eigenvalue weighted by atomic mass is 9.96. The number of hydrogen-bond donors (Lipinski definition) is 1. The van der Waals surface area contributed by atoms with Crippen molar-refractivity contribution in [2.45, 2.75) is 31.8 Å². The maximum absolute atomic E-state index is 12.5. The Balaban J connectivity index is 1.34. The van der Waals surface area contributed by atoms with Gasteiger partial charge >= 0.3 is 0 Å². The van der Waals surface area contributed by atoms with Crippen LogP contribution in [0.2, 0.25) is 0 Å². The summed E-state index contributed by atoms with van der Waals surface area (Å²) in [5.41, 5.74) is 3.80. The van der Waals surface area contributed by atoms with Gasteiger partial charge in [0.15, 0.2) is 0 Å². The molecule has 1 aromatic carbocycles. The minimum absolute atomic E-state index is 0.131. The van der Waals surface area contributed by atoms with Crippen molar-refractivity contribution < 1.29 is 4.79 Å². The van der Waals surface area contributed by atoms with Gasteiger partial charge in [-0.2, -0.15) is 0 Å². The molecule has 2 aliphatic rings. The Morgan fingerprint density at radius 3 is 2.69 bits per heavy atom. The highest BCUT2D eigenvalue weighted by Gasteiger charge is 2.40. The van der Waals surface area contributed by atoms with Crippen molar-refractivity contribution in [3.05, 3.63) is 51.7 Å². The van der Waals surface area contributed by atoms with Gasteiger partial charge in [-0.25, -0.2) is 0 Å². The molecule has 1 aliphatic carbocycles. The summed E-state index contributed by atoms with van der Waals surface area (Å²) in [6.07, 6.45) is 3.68. The zero-order chi connectivity index (χ0) is 18.1. The zero-order valence-corrected chi connectivity index (χ0v) is 16.4. The van der Waals surface area contributed by atoms with Gasteiger partial charge in [0.05, 0.1) is 6.54 Å². The smallest absolute Gasteiger partial charge is 0.234 e. The molecule has 0 radical (unpaired) electrons. The summed E-state index contributed by atoms with van der Waals surface area (Å²) < 4.78 is 0. The standard InChI is InChI=1S/C21H27N3OS/c1-23(2)17-7-3-15(4-8-17)13-22-20(25)14-24-11-9-19-18(10-12-26-19)21(24)16-5-6-16/h3-4,7-8,10,12,16,21H,5-6,9,11,13-14H2,1-2H3,(H,22,25)/t21-/m0/s1. The van der Waals surface area contributed by atoms with Crippen LogP contribution >= 0.6 is 11.3 Å². The van der Waals surface area contributed by atoms with Gasteiger partial charge < -0.3 is 10.2 Å². The van der Waals surface area contributed by atoms with Crippen molar-refractivity contribution in [3.63, 3.8) is 0 Å². The molecule has 4 nitrogen and oxygen atoms in total. The quantitative estimate of drug-likeness (QED) is 0.847. The van der Waals surface area contributed by atoms with Crippen molar-refractivity contribution >= 4 is 22.9 Å². The Labute approximate surface area is 159 Å². The topological polar surface area (TPSA) is 35.6 Å². The molecule has 4 rings (SSSR count). The molecule has 0 spiro atoms. The lowest BCUT2D eigenvalue weighted by molar-refractivity contribution is -0.123. The summed E-state index contributed by atoms with van der Waals surface area (Å²) in [5.74, 6) is 0.876. The average Bonchev–Trinajstić information content (AvgIpc) is 3.36. The first kappa shape index (κ1) is 17.6. The van der Waals surface area contributed by atoms with Crippen molar-refractivity contribution in [3.8, 4) is 0 Å². The predicted molar refractivity (Wildman–Crippen MR) is 108 cm³/mol. The molecule has 26 heavy (non-hydrogen) atoms. The van der Waals surface area contributed by atoms with Gasteiger partial charge in [0.25, 0.3) is 0 Å². The van der Waals surface area contributed by atoms with Gasteiger partial charge in [0.1, 0.15) is 0 Å². The molecule has 1 N–H and O–H groups in total. The van der Waals surface area contributed by atoms with Crippen LogP contribution in [0, 0.1) is 5.92 Å². The van der Waals surface area contributed by atoms with Crippen LogP contribution < -0.4 is 10.2 Å². The number of nitrogens with zero attached hydrogens (tertiary/aromatic N) is 2. The van der Waals surface area contributed by atoms with E-state index in [0.29, 0.717) is 19.1 Å². The van der Waals surface area contributed by atoms with Crippen LogP contribution in [0.15, 0.2) is 35.7 Å². The van der Waals surface area contributed by atoms with Crippen LogP contribution in [-0.2, 0) is 17.8 Å². The lowest BCUT2D eigenvalue weighted by Crippen LogP contribution is -2.42. The number of amides is 1. The number of rotatable bonds is 6. The van der Waals surface area contributed by atoms with Crippen LogP contribution in [0.4, 0.5) is 5.69 Å². The van der Waals surface area contributed by atoms with E-state index < -0.39 is 0 Å². The van der Waals surface area contributed by atoms with Gasteiger partial charge in [0, 0.05) is 43.8 Å². The van der Waals surface area contributed by atoms with Crippen molar-refractivity contribution in [2.24, 2.45) is 5.92 Å². The molecule has 1 amide bonds. The first-order valence-corrected chi connectivity index (χ1v) is 10.3. The summed E-state index contributed by atoms with van der Waals surface area (Å²) >= 11 is 1.88. The molecule has 1 aromatic heterocycles. The fourth-order valence-electron chi connectivity index (χ4n) is 3.89. The summed E-state index contributed by atoms with van der Waals surface area (Å²) in [6.45, 7) is 2.10. The number of benzene rings is 1. The normalized spacial score (nSPS) is 19.8. The molecule has 1 fully saturated rings. The van der Waals surface area contributed by atoms with E-state index >= 15 is 0 Å². The minimum atomic E-state index is 0.131. The molecule has 138 valence electrons. The SMILES string of the molecule is CN(C)c1ccc(CNC(=O)CN2CCc3sccc3[C@@H]2C2CC2)cc1. The highest BCUT2D eigenvalue weighted by Crippen LogP contribution is 2.48. The third kappa shape index (κ3) is 3.79. The molecule has 0 bridgehead atoms. The van der Waals surface area contributed by atoms with Crippen molar-refractivity contribution in [1.29, 1.82) is 0 Å². The van der Waals surface area contributed by atoms with E-state index in [-0.39, 0.29) is 5.91 Å². The summed E-state index contributed by atoms with van der Waals surface area (Å²) in [5, 5.41) is 5.31.